The Morgan fingerprint density at radius 1 is 1.24 bits per heavy atom. The Labute approximate surface area is 124 Å². The molecule has 0 bridgehead atoms. The monoisotopic (exact) mass is 305 g/mol. The summed E-state index contributed by atoms with van der Waals surface area (Å²) in [6.45, 7) is 0.315. The fourth-order valence-corrected chi connectivity index (χ4v) is 3.46. The number of hydrogen-bond acceptors (Lipinski definition) is 5. The molecule has 21 heavy (non-hydrogen) atoms. The fourth-order valence-electron chi connectivity index (χ4n) is 2.23. The third-order valence-corrected chi connectivity index (χ3v) is 4.74. The number of pyridine rings is 1. The number of rotatable bonds is 4. The summed E-state index contributed by atoms with van der Waals surface area (Å²) in [6, 6.07) is 7.11. The van der Waals surface area contributed by atoms with Crippen molar-refractivity contribution in [2.75, 3.05) is 7.11 Å². The van der Waals surface area contributed by atoms with Gasteiger partial charge in [0.25, 0.3) is 0 Å². The zero-order valence-electron chi connectivity index (χ0n) is 11.4. The van der Waals surface area contributed by atoms with E-state index in [2.05, 4.69) is 4.98 Å². The first-order valence-corrected chi connectivity index (χ1v) is 7.92. The summed E-state index contributed by atoms with van der Waals surface area (Å²) in [6.07, 6.45) is 4.99. The van der Waals surface area contributed by atoms with Crippen molar-refractivity contribution in [3.8, 4) is 11.5 Å². The van der Waals surface area contributed by atoms with Crippen LogP contribution in [0.4, 0.5) is 0 Å². The highest BCUT2D eigenvalue weighted by Crippen LogP contribution is 2.58. The van der Waals surface area contributed by atoms with E-state index in [0.717, 1.165) is 5.56 Å². The van der Waals surface area contributed by atoms with Crippen LogP contribution in [0.5, 0.6) is 11.5 Å². The van der Waals surface area contributed by atoms with Crippen LogP contribution in [0.15, 0.2) is 47.0 Å². The van der Waals surface area contributed by atoms with Gasteiger partial charge < -0.3 is 9.47 Å². The number of fused-ring (bicyclic) bond motifs is 1. The molecule has 2 aromatic rings. The summed E-state index contributed by atoms with van der Waals surface area (Å²) < 4.78 is 30.9. The number of hydrogen-bond donors (Lipinski definition) is 2. The van der Waals surface area contributed by atoms with Gasteiger partial charge in [-0.1, -0.05) is 0 Å². The number of methoxy groups -OCH3 is 1. The van der Waals surface area contributed by atoms with E-state index in [1.807, 2.05) is 6.07 Å². The molecule has 5 nitrogen and oxygen atoms in total. The summed E-state index contributed by atoms with van der Waals surface area (Å²) in [7, 11) is -1.28. The second-order valence-electron chi connectivity index (χ2n) is 4.54. The Morgan fingerprint density at radius 3 is 2.81 bits per heavy atom. The Kier molecular flexibility index (Phi) is 3.59. The summed E-state index contributed by atoms with van der Waals surface area (Å²) >= 11 is 0. The standard InChI is InChI=1S/C15H15NO4S/c1-19-15-11(10-20-12-3-2-7-16-9-12)4-5-14-13(15)6-8-21(14,17)18/h2-9,17-18H,10H2,1H3. The Hall–Kier alpha value is -2.02. The topological polar surface area (TPSA) is 71.8 Å². The average Bonchev–Trinajstić information content (AvgIpc) is 2.81. The molecule has 1 aliphatic heterocycles. The molecule has 0 radical (unpaired) electrons. The maximum absolute atomic E-state index is 9.92. The summed E-state index contributed by atoms with van der Waals surface area (Å²) in [4.78, 5) is 4.48. The predicted molar refractivity (Wildman–Crippen MR) is 81.7 cm³/mol. The fraction of sp³-hybridized carbons (Fsp3) is 0.133. The molecule has 0 saturated heterocycles. The molecule has 1 aromatic heterocycles. The molecule has 3 rings (SSSR count). The van der Waals surface area contributed by atoms with E-state index in [-0.39, 0.29) is 0 Å². The van der Waals surface area contributed by atoms with Crippen molar-refractivity contribution < 1.29 is 18.6 Å². The van der Waals surface area contributed by atoms with Crippen LogP contribution in [0.25, 0.3) is 6.08 Å². The van der Waals surface area contributed by atoms with Crippen LogP contribution in [0.3, 0.4) is 0 Å². The number of aromatic nitrogens is 1. The lowest BCUT2D eigenvalue weighted by molar-refractivity contribution is 0.295. The van der Waals surface area contributed by atoms with E-state index in [4.69, 9.17) is 9.47 Å². The van der Waals surface area contributed by atoms with Gasteiger partial charge in [-0.3, -0.25) is 14.1 Å². The van der Waals surface area contributed by atoms with Crippen molar-refractivity contribution in [3.63, 3.8) is 0 Å². The van der Waals surface area contributed by atoms with Gasteiger partial charge in [0.05, 0.1) is 18.2 Å². The quantitative estimate of drug-likeness (QED) is 0.899. The number of nitrogens with zero attached hydrogens (tertiary/aromatic N) is 1. The maximum Gasteiger partial charge on any atom is 0.138 e. The Balaban J connectivity index is 1.89. The van der Waals surface area contributed by atoms with E-state index in [1.54, 1.807) is 43.8 Å². The molecular weight excluding hydrogens is 290 g/mol. The molecule has 0 amide bonds. The molecule has 1 aromatic carbocycles. The van der Waals surface area contributed by atoms with Crippen LogP contribution in [-0.2, 0) is 6.61 Å². The largest absolute Gasteiger partial charge is 0.496 e. The van der Waals surface area contributed by atoms with E-state index < -0.39 is 10.6 Å². The SMILES string of the molecule is COc1c(COc2cccnc2)ccc2c1C=CS2(O)O. The van der Waals surface area contributed by atoms with Gasteiger partial charge in [0.1, 0.15) is 18.1 Å². The van der Waals surface area contributed by atoms with Gasteiger partial charge in [0.2, 0.25) is 0 Å². The lowest BCUT2D eigenvalue weighted by Gasteiger charge is -2.26. The van der Waals surface area contributed by atoms with Crippen LogP contribution < -0.4 is 9.47 Å². The van der Waals surface area contributed by atoms with Crippen molar-refractivity contribution in [2.45, 2.75) is 11.5 Å². The van der Waals surface area contributed by atoms with Crippen molar-refractivity contribution >= 4 is 16.7 Å². The van der Waals surface area contributed by atoms with Crippen molar-refractivity contribution in [1.82, 2.24) is 4.98 Å². The molecule has 0 atom stereocenters. The molecule has 0 aliphatic carbocycles. The first-order valence-electron chi connectivity index (χ1n) is 6.31. The second kappa shape index (κ2) is 5.40. The highest BCUT2D eigenvalue weighted by molar-refractivity contribution is 8.27. The summed E-state index contributed by atoms with van der Waals surface area (Å²) in [5.41, 5.74) is 1.53. The van der Waals surface area contributed by atoms with E-state index >= 15 is 0 Å². The van der Waals surface area contributed by atoms with Crippen molar-refractivity contribution in [1.29, 1.82) is 0 Å². The van der Waals surface area contributed by atoms with Gasteiger partial charge in [-0.25, -0.2) is 0 Å². The van der Waals surface area contributed by atoms with Crippen molar-refractivity contribution in [3.05, 3.63) is 53.2 Å². The Bertz CT molecular complexity index is 686. The molecule has 6 heteroatoms. The second-order valence-corrected chi connectivity index (χ2v) is 6.44. The highest BCUT2D eigenvalue weighted by atomic mass is 32.3. The van der Waals surface area contributed by atoms with Crippen LogP contribution in [0.2, 0.25) is 0 Å². The molecule has 1 aliphatic rings. The van der Waals surface area contributed by atoms with Crippen LogP contribution in [-0.4, -0.2) is 21.2 Å². The molecule has 0 spiro atoms. The molecule has 0 saturated carbocycles. The predicted octanol–water partition coefficient (Wildman–Crippen LogP) is 3.76. The van der Waals surface area contributed by atoms with Gasteiger partial charge in [0.15, 0.2) is 0 Å². The summed E-state index contributed by atoms with van der Waals surface area (Å²) in [5.74, 6) is 1.27. The molecule has 2 heterocycles. The van der Waals surface area contributed by atoms with E-state index in [1.165, 1.54) is 5.41 Å². The Morgan fingerprint density at radius 2 is 2.10 bits per heavy atom. The average molecular weight is 305 g/mol. The zero-order valence-corrected chi connectivity index (χ0v) is 12.2. The molecule has 2 N–H and O–H groups in total. The van der Waals surface area contributed by atoms with Gasteiger partial charge in [0, 0.05) is 22.7 Å². The van der Waals surface area contributed by atoms with Gasteiger partial charge in [-0.15, -0.1) is 10.6 Å². The lowest BCUT2D eigenvalue weighted by atomic mass is 10.1. The normalized spacial score (nSPS) is 16.3. The smallest absolute Gasteiger partial charge is 0.138 e. The minimum atomic E-state index is -2.83. The van der Waals surface area contributed by atoms with Crippen LogP contribution in [0.1, 0.15) is 11.1 Å². The van der Waals surface area contributed by atoms with E-state index in [0.29, 0.717) is 28.6 Å². The van der Waals surface area contributed by atoms with Crippen LogP contribution in [0, 0.1) is 0 Å². The van der Waals surface area contributed by atoms with Crippen LogP contribution >= 0.6 is 10.6 Å². The van der Waals surface area contributed by atoms with E-state index in [9.17, 15) is 9.11 Å². The van der Waals surface area contributed by atoms with Gasteiger partial charge >= 0.3 is 0 Å². The maximum atomic E-state index is 9.92. The molecular formula is C15H15NO4S. The first kappa shape index (κ1) is 13.9. The van der Waals surface area contributed by atoms with Gasteiger partial charge in [-0.2, -0.15) is 0 Å². The number of benzene rings is 1. The highest BCUT2D eigenvalue weighted by Gasteiger charge is 2.26. The molecule has 0 fully saturated rings. The molecule has 0 unspecified atom stereocenters. The third kappa shape index (κ3) is 2.61. The first-order chi connectivity index (χ1) is 10.1. The molecule has 110 valence electrons. The minimum Gasteiger partial charge on any atom is -0.496 e. The number of ether oxygens (including phenoxy) is 2. The zero-order chi connectivity index (χ0) is 14.9. The lowest BCUT2D eigenvalue weighted by Crippen LogP contribution is -2.02. The van der Waals surface area contributed by atoms with Gasteiger partial charge in [-0.05, 0) is 30.3 Å². The van der Waals surface area contributed by atoms with Crippen molar-refractivity contribution in [2.24, 2.45) is 0 Å². The minimum absolute atomic E-state index is 0.315. The summed E-state index contributed by atoms with van der Waals surface area (Å²) in [5, 5.41) is 1.41. The third-order valence-electron chi connectivity index (χ3n) is 3.22.